The van der Waals surface area contributed by atoms with Crippen molar-refractivity contribution in [3.05, 3.63) is 36.4 Å². The summed E-state index contributed by atoms with van der Waals surface area (Å²) < 4.78 is 25.3. The molecule has 1 aliphatic carbocycles. The Labute approximate surface area is 206 Å². The molecule has 2 aromatic heterocycles. The average Bonchev–Trinajstić information content (AvgIpc) is 2.90. The van der Waals surface area contributed by atoms with Crippen molar-refractivity contribution in [2.24, 2.45) is 5.41 Å². The van der Waals surface area contributed by atoms with Gasteiger partial charge in [0.25, 0.3) is 0 Å². The van der Waals surface area contributed by atoms with Gasteiger partial charge in [-0.15, -0.1) is 0 Å². The van der Waals surface area contributed by atoms with E-state index in [0.29, 0.717) is 61.9 Å². The van der Waals surface area contributed by atoms with Gasteiger partial charge in [-0.25, -0.2) is 14.4 Å². The normalized spacial score (nSPS) is 21.7. The number of hydrogen-bond donors (Lipinski definition) is 3. The topological polar surface area (TPSA) is 104 Å². The second-order valence-electron chi connectivity index (χ2n) is 9.48. The molecule has 1 saturated heterocycles. The standard InChI is InChI=1S/C26H35FN6O2/c1-34-13-10-29-20-2-4-21(5-3-20)33-25-15-22(23(27)16-31-25)19-6-9-30-24(14-19)32-18-26(17-28)7-11-35-12-8-26/h6,9,14-16,20-21,29H,2-5,7-8,10-13,18H2,1H3,(H,30,32)(H,31,33). The Hall–Kier alpha value is -2.80. The van der Waals surface area contributed by atoms with Crippen LogP contribution in [0.2, 0.25) is 0 Å². The molecule has 0 aromatic carbocycles. The highest BCUT2D eigenvalue weighted by atomic mass is 19.1. The van der Waals surface area contributed by atoms with Crippen LogP contribution in [-0.2, 0) is 9.47 Å². The summed E-state index contributed by atoms with van der Waals surface area (Å²) in [6.45, 7) is 3.26. The lowest BCUT2D eigenvalue weighted by molar-refractivity contribution is 0.0455. The number of pyridine rings is 2. The minimum Gasteiger partial charge on any atom is -0.383 e. The summed E-state index contributed by atoms with van der Waals surface area (Å²) in [7, 11) is 1.72. The maximum atomic E-state index is 14.8. The lowest BCUT2D eigenvalue weighted by atomic mass is 9.82. The molecule has 2 fully saturated rings. The van der Waals surface area contributed by atoms with Gasteiger partial charge in [0.1, 0.15) is 17.5 Å². The summed E-state index contributed by atoms with van der Waals surface area (Å²) in [4.78, 5) is 8.66. The van der Waals surface area contributed by atoms with Crippen molar-refractivity contribution in [1.82, 2.24) is 15.3 Å². The van der Waals surface area contributed by atoms with Crippen molar-refractivity contribution in [3.63, 3.8) is 0 Å². The molecule has 0 bridgehead atoms. The number of rotatable bonds is 10. The predicted octanol–water partition coefficient (Wildman–Crippen LogP) is 3.97. The summed E-state index contributed by atoms with van der Waals surface area (Å²) in [6.07, 6.45) is 8.56. The molecule has 1 aliphatic heterocycles. The molecule has 9 heteroatoms. The number of ether oxygens (including phenoxy) is 2. The van der Waals surface area contributed by atoms with Crippen LogP contribution in [0.5, 0.6) is 0 Å². The molecule has 0 radical (unpaired) electrons. The molecule has 35 heavy (non-hydrogen) atoms. The summed E-state index contributed by atoms with van der Waals surface area (Å²) in [5.74, 6) is 0.916. The molecular weight excluding hydrogens is 447 g/mol. The summed E-state index contributed by atoms with van der Waals surface area (Å²) in [6, 6.07) is 8.67. The van der Waals surface area contributed by atoms with E-state index in [9.17, 15) is 9.65 Å². The number of aromatic nitrogens is 2. The van der Waals surface area contributed by atoms with Gasteiger partial charge in [0.15, 0.2) is 0 Å². The van der Waals surface area contributed by atoms with Crippen molar-refractivity contribution < 1.29 is 13.9 Å². The van der Waals surface area contributed by atoms with Gasteiger partial charge >= 0.3 is 0 Å². The quantitative estimate of drug-likeness (QED) is 0.437. The Morgan fingerprint density at radius 1 is 1.14 bits per heavy atom. The molecule has 0 unspecified atom stereocenters. The summed E-state index contributed by atoms with van der Waals surface area (Å²) in [5.41, 5.74) is 0.728. The highest BCUT2D eigenvalue weighted by Crippen LogP contribution is 2.31. The molecule has 2 aromatic rings. The van der Waals surface area contributed by atoms with Crippen LogP contribution in [0.3, 0.4) is 0 Å². The van der Waals surface area contributed by atoms with E-state index in [1.807, 2.05) is 6.07 Å². The summed E-state index contributed by atoms with van der Waals surface area (Å²) >= 11 is 0. The first kappa shape index (κ1) is 25.3. The Morgan fingerprint density at radius 3 is 2.66 bits per heavy atom. The van der Waals surface area contributed by atoms with Crippen molar-refractivity contribution in [2.45, 2.75) is 50.6 Å². The number of anilines is 2. The van der Waals surface area contributed by atoms with Crippen molar-refractivity contribution in [2.75, 3.05) is 50.7 Å². The molecule has 188 valence electrons. The SMILES string of the molecule is COCCNC1CCC(Nc2cc(-c3ccnc(NCC4(C#N)CCOCC4)c3)c(F)cn2)CC1. The Kier molecular flexibility index (Phi) is 8.85. The number of nitriles is 1. The van der Waals surface area contributed by atoms with Crippen molar-refractivity contribution >= 4 is 11.6 Å². The highest BCUT2D eigenvalue weighted by molar-refractivity contribution is 5.69. The molecule has 3 heterocycles. The first-order chi connectivity index (χ1) is 17.1. The average molecular weight is 483 g/mol. The van der Waals surface area contributed by atoms with Gasteiger partial charge < -0.3 is 25.4 Å². The van der Waals surface area contributed by atoms with Crippen molar-refractivity contribution in [1.29, 1.82) is 5.26 Å². The lowest BCUT2D eigenvalue weighted by Gasteiger charge is -2.30. The van der Waals surface area contributed by atoms with E-state index in [2.05, 4.69) is 32.0 Å². The fourth-order valence-electron chi connectivity index (χ4n) is 4.80. The van der Waals surface area contributed by atoms with Crippen LogP contribution in [0, 0.1) is 22.6 Å². The van der Waals surface area contributed by atoms with Crippen LogP contribution >= 0.6 is 0 Å². The van der Waals surface area contributed by atoms with E-state index < -0.39 is 5.41 Å². The van der Waals surface area contributed by atoms with Crippen LogP contribution in [0.15, 0.2) is 30.6 Å². The van der Waals surface area contributed by atoms with Gasteiger partial charge in [-0.3, -0.25) is 0 Å². The zero-order chi connectivity index (χ0) is 24.5. The second kappa shape index (κ2) is 12.2. The predicted molar refractivity (Wildman–Crippen MR) is 134 cm³/mol. The largest absolute Gasteiger partial charge is 0.383 e. The molecule has 2 aliphatic rings. The van der Waals surface area contributed by atoms with Gasteiger partial charge in [0, 0.05) is 57.3 Å². The Morgan fingerprint density at radius 2 is 1.91 bits per heavy atom. The molecular formula is C26H35FN6O2. The van der Waals surface area contributed by atoms with Crippen LogP contribution in [0.25, 0.3) is 11.1 Å². The smallest absolute Gasteiger partial charge is 0.149 e. The third-order valence-corrected chi connectivity index (χ3v) is 7.04. The lowest BCUT2D eigenvalue weighted by Crippen LogP contribution is -2.38. The fraction of sp³-hybridized carbons (Fsp3) is 0.577. The van der Waals surface area contributed by atoms with Gasteiger partial charge in [-0.05, 0) is 62.3 Å². The monoisotopic (exact) mass is 482 g/mol. The fourth-order valence-corrected chi connectivity index (χ4v) is 4.80. The molecule has 0 atom stereocenters. The number of hydrogen-bond acceptors (Lipinski definition) is 8. The summed E-state index contributed by atoms with van der Waals surface area (Å²) in [5, 5.41) is 20.0. The highest BCUT2D eigenvalue weighted by Gasteiger charge is 2.32. The molecule has 0 amide bonds. The Balaban J connectivity index is 1.38. The molecule has 1 saturated carbocycles. The van der Waals surface area contributed by atoms with Crippen molar-refractivity contribution in [3.8, 4) is 17.2 Å². The first-order valence-electron chi connectivity index (χ1n) is 12.4. The van der Waals surface area contributed by atoms with E-state index in [-0.39, 0.29) is 5.82 Å². The second-order valence-corrected chi connectivity index (χ2v) is 9.48. The van der Waals surface area contributed by atoms with Gasteiger partial charge in [0.05, 0.1) is 24.3 Å². The number of nitrogens with zero attached hydrogens (tertiary/aromatic N) is 3. The van der Waals surface area contributed by atoms with Crippen LogP contribution in [-0.4, -0.2) is 62.1 Å². The molecule has 8 nitrogen and oxygen atoms in total. The number of methoxy groups -OCH3 is 1. The van der Waals surface area contributed by atoms with E-state index in [4.69, 9.17) is 9.47 Å². The molecule has 3 N–H and O–H groups in total. The number of halogens is 1. The number of nitrogens with one attached hydrogen (secondary N) is 3. The third kappa shape index (κ3) is 6.88. The zero-order valence-corrected chi connectivity index (χ0v) is 20.4. The minimum absolute atomic E-state index is 0.317. The third-order valence-electron chi connectivity index (χ3n) is 7.04. The maximum Gasteiger partial charge on any atom is 0.149 e. The first-order valence-corrected chi connectivity index (χ1v) is 12.4. The zero-order valence-electron chi connectivity index (χ0n) is 20.4. The van der Waals surface area contributed by atoms with Crippen LogP contribution < -0.4 is 16.0 Å². The van der Waals surface area contributed by atoms with E-state index >= 15 is 0 Å². The van der Waals surface area contributed by atoms with Gasteiger partial charge in [-0.2, -0.15) is 5.26 Å². The van der Waals surface area contributed by atoms with Crippen LogP contribution in [0.1, 0.15) is 38.5 Å². The maximum absolute atomic E-state index is 14.8. The minimum atomic E-state index is -0.465. The van der Waals surface area contributed by atoms with E-state index in [1.54, 1.807) is 25.4 Å². The van der Waals surface area contributed by atoms with E-state index in [1.165, 1.54) is 6.20 Å². The van der Waals surface area contributed by atoms with Gasteiger partial charge in [0.2, 0.25) is 0 Å². The van der Waals surface area contributed by atoms with Gasteiger partial charge in [-0.1, -0.05) is 0 Å². The Bertz CT molecular complexity index is 1000. The van der Waals surface area contributed by atoms with Crippen LogP contribution in [0.4, 0.5) is 16.0 Å². The molecule has 4 rings (SSSR count). The van der Waals surface area contributed by atoms with E-state index in [0.717, 1.165) is 44.4 Å². The molecule has 0 spiro atoms.